The Morgan fingerprint density at radius 1 is 1.18 bits per heavy atom. The van der Waals surface area contributed by atoms with Gasteiger partial charge in [0.2, 0.25) is 5.91 Å². The molecule has 0 bridgehead atoms. The Hall–Kier alpha value is -0.570. The van der Waals surface area contributed by atoms with Gasteiger partial charge in [-0.1, -0.05) is 13.3 Å². The molecule has 98 valence electrons. The van der Waals surface area contributed by atoms with Gasteiger partial charge in [0.05, 0.1) is 0 Å². The fraction of sp³-hybridized carbons (Fsp3) is 0.929. The lowest BCUT2D eigenvalue weighted by atomic mass is 9.81. The Morgan fingerprint density at radius 2 is 1.88 bits per heavy atom. The van der Waals surface area contributed by atoms with Gasteiger partial charge in [-0.15, -0.1) is 0 Å². The molecule has 2 aliphatic carbocycles. The van der Waals surface area contributed by atoms with Crippen LogP contribution in [0.4, 0.5) is 0 Å². The molecule has 2 fully saturated rings. The van der Waals surface area contributed by atoms with E-state index in [1.807, 2.05) is 0 Å². The van der Waals surface area contributed by atoms with Crippen molar-refractivity contribution in [2.45, 2.75) is 57.9 Å². The average Bonchev–Trinajstić information content (AvgIpc) is 2.75. The summed E-state index contributed by atoms with van der Waals surface area (Å²) in [5, 5.41) is 3.26. The third kappa shape index (κ3) is 3.21. The second kappa shape index (κ2) is 5.85. The summed E-state index contributed by atoms with van der Waals surface area (Å²) in [7, 11) is 0. The van der Waals surface area contributed by atoms with Crippen molar-refractivity contribution in [3.05, 3.63) is 0 Å². The van der Waals surface area contributed by atoms with E-state index in [4.69, 9.17) is 5.73 Å². The number of carbonyl (C=O) groups excluding carboxylic acids is 1. The lowest BCUT2D eigenvalue weighted by Gasteiger charge is -2.28. The number of carbonyl (C=O) groups is 1. The molecule has 0 aliphatic heterocycles. The van der Waals surface area contributed by atoms with Gasteiger partial charge < -0.3 is 11.1 Å². The maximum absolute atomic E-state index is 12.2. The van der Waals surface area contributed by atoms with Crippen molar-refractivity contribution in [1.82, 2.24) is 5.32 Å². The Morgan fingerprint density at radius 3 is 2.41 bits per heavy atom. The first-order chi connectivity index (χ1) is 8.20. The molecule has 0 radical (unpaired) electrons. The number of nitrogens with one attached hydrogen (secondary N) is 1. The Labute approximate surface area is 105 Å². The van der Waals surface area contributed by atoms with Gasteiger partial charge in [-0.2, -0.15) is 0 Å². The van der Waals surface area contributed by atoms with E-state index in [-0.39, 0.29) is 5.92 Å². The highest BCUT2D eigenvalue weighted by atomic mass is 16.1. The van der Waals surface area contributed by atoms with Crippen molar-refractivity contribution in [3.63, 3.8) is 0 Å². The Bertz CT molecular complexity index is 259. The molecule has 0 saturated heterocycles. The number of hydrogen-bond donors (Lipinski definition) is 2. The molecule has 3 nitrogen and oxygen atoms in total. The van der Waals surface area contributed by atoms with E-state index in [2.05, 4.69) is 12.2 Å². The van der Waals surface area contributed by atoms with E-state index >= 15 is 0 Å². The van der Waals surface area contributed by atoms with Gasteiger partial charge in [0, 0.05) is 12.0 Å². The van der Waals surface area contributed by atoms with Crippen molar-refractivity contribution >= 4 is 5.91 Å². The first-order valence-electron chi connectivity index (χ1n) is 7.21. The molecular weight excluding hydrogens is 212 g/mol. The van der Waals surface area contributed by atoms with Gasteiger partial charge in [0.25, 0.3) is 0 Å². The van der Waals surface area contributed by atoms with Gasteiger partial charge in [-0.05, 0) is 56.9 Å². The van der Waals surface area contributed by atoms with Crippen LogP contribution in [0.3, 0.4) is 0 Å². The van der Waals surface area contributed by atoms with Gasteiger partial charge in [0.15, 0.2) is 0 Å². The summed E-state index contributed by atoms with van der Waals surface area (Å²) in [6, 6.07) is 0.440. The lowest BCUT2D eigenvalue weighted by molar-refractivity contribution is -0.127. The van der Waals surface area contributed by atoms with Crippen LogP contribution in [0.5, 0.6) is 0 Å². The highest BCUT2D eigenvalue weighted by Crippen LogP contribution is 2.30. The van der Waals surface area contributed by atoms with Crippen LogP contribution in [0.1, 0.15) is 51.9 Å². The molecule has 0 aromatic heterocycles. The van der Waals surface area contributed by atoms with Gasteiger partial charge >= 0.3 is 0 Å². The smallest absolute Gasteiger partial charge is 0.223 e. The van der Waals surface area contributed by atoms with Gasteiger partial charge in [0.1, 0.15) is 0 Å². The van der Waals surface area contributed by atoms with E-state index < -0.39 is 0 Å². The fourth-order valence-electron chi connectivity index (χ4n) is 3.32. The number of hydrogen-bond acceptors (Lipinski definition) is 2. The normalized spacial score (nSPS) is 38.0. The first kappa shape index (κ1) is 12.9. The van der Waals surface area contributed by atoms with E-state index in [1.165, 1.54) is 19.3 Å². The third-order valence-electron chi connectivity index (χ3n) is 4.74. The minimum absolute atomic E-state index is 0.255. The molecule has 3 N–H and O–H groups in total. The summed E-state index contributed by atoms with van der Waals surface area (Å²) in [6.45, 7) is 3.04. The maximum Gasteiger partial charge on any atom is 0.223 e. The largest absolute Gasteiger partial charge is 0.353 e. The molecule has 2 rings (SSSR count). The second-order valence-electron chi connectivity index (χ2n) is 5.98. The van der Waals surface area contributed by atoms with Crippen LogP contribution in [0, 0.1) is 17.8 Å². The van der Waals surface area contributed by atoms with Gasteiger partial charge in [-0.3, -0.25) is 4.79 Å². The quantitative estimate of drug-likeness (QED) is 0.790. The molecule has 0 heterocycles. The average molecular weight is 238 g/mol. The lowest BCUT2D eigenvalue weighted by Crippen LogP contribution is -2.41. The molecule has 2 unspecified atom stereocenters. The van der Waals surface area contributed by atoms with Crippen LogP contribution in [0.2, 0.25) is 0 Å². The predicted octanol–water partition coefficient (Wildman–Crippen LogP) is 2.06. The van der Waals surface area contributed by atoms with E-state index in [9.17, 15) is 4.79 Å². The molecule has 17 heavy (non-hydrogen) atoms. The molecule has 0 spiro atoms. The Balaban J connectivity index is 1.77. The zero-order valence-electron chi connectivity index (χ0n) is 11.0. The standard InChI is InChI=1S/C14H26N2O/c1-10-3-2-4-13(10)16-14(17)12-7-5-11(9-15)6-8-12/h10-13H,2-9,15H2,1H3,(H,16,17). The zero-order chi connectivity index (χ0) is 12.3. The second-order valence-corrected chi connectivity index (χ2v) is 5.98. The van der Waals surface area contributed by atoms with Crippen LogP contribution in [-0.2, 0) is 4.79 Å². The van der Waals surface area contributed by atoms with Crippen molar-refractivity contribution in [1.29, 1.82) is 0 Å². The summed E-state index contributed by atoms with van der Waals surface area (Å²) in [6.07, 6.45) is 8.05. The fourth-order valence-corrected chi connectivity index (χ4v) is 3.32. The van der Waals surface area contributed by atoms with Crippen LogP contribution < -0.4 is 11.1 Å². The number of nitrogens with two attached hydrogens (primary N) is 1. The predicted molar refractivity (Wildman–Crippen MR) is 69.4 cm³/mol. The van der Waals surface area contributed by atoms with Crippen LogP contribution >= 0.6 is 0 Å². The minimum Gasteiger partial charge on any atom is -0.353 e. The summed E-state index contributed by atoms with van der Waals surface area (Å²) in [5.74, 6) is 1.88. The van der Waals surface area contributed by atoms with E-state index in [0.717, 1.165) is 32.2 Å². The molecule has 2 saturated carbocycles. The van der Waals surface area contributed by atoms with E-state index in [0.29, 0.717) is 23.8 Å². The molecule has 1 amide bonds. The van der Waals surface area contributed by atoms with Gasteiger partial charge in [-0.25, -0.2) is 0 Å². The summed E-state index contributed by atoms with van der Waals surface area (Å²) in [4.78, 5) is 12.2. The van der Waals surface area contributed by atoms with Crippen molar-refractivity contribution in [2.24, 2.45) is 23.5 Å². The SMILES string of the molecule is CC1CCCC1NC(=O)C1CCC(CN)CC1. The number of rotatable bonds is 3. The first-order valence-corrected chi connectivity index (χ1v) is 7.21. The Kier molecular flexibility index (Phi) is 4.43. The van der Waals surface area contributed by atoms with Crippen LogP contribution in [0.15, 0.2) is 0 Å². The minimum atomic E-state index is 0.255. The topological polar surface area (TPSA) is 55.1 Å². The molecule has 3 heteroatoms. The van der Waals surface area contributed by atoms with Crippen LogP contribution in [0.25, 0.3) is 0 Å². The number of amides is 1. The highest BCUT2D eigenvalue weighted by Gasteiger charge is 2.30. The summed E-state index contributed by atoms with van der Waals surface area (Å²) in [5.41, 5.74) is 5.67. The molecule has 0 aromatic carbocycles. The highest BCUT2D eigenvalue weighted by molar-refractivity contribution is 5.79. The molecule has 2 aliphatic rings. The summed E-state index contributed by atoms with van der Waals surface area (Å²) >= 11 is 0. The monoisotopic (exact) mass is 238 g/mol. The van der Waals surface area contributed by atoms with Crippen molar-refractivity contribution in [2.75, 3.05) is 6.54 Å². The van der Waals surface area contributed by atoms with E-state index in [1.54, 1.807) is 0 Å². The molecule has 0 aromatic rings. The molecular formula is C14H26N2O. The molecule has 2 atom stereocenters. The van der Waals surface area contributed by atoms with Crippen molar-refractivity contribution in [3.8, 4) is 0 Å². The van der Waals surface area contributed by atoms with Crippen LogP contribution in [-0.4, -0.2) is 18.5 Å². The maximum atomic E-state index is 12.2. The summed E-state index contributed by atoms with van der Waals surface area (Å²) < 4.78 is 0. The zero-order valence-corrected chi connectivity index (χ0v) is 11.0. The third-order valence-corrected chi connectivity index (χ3v) is 4.74. The van der Waals surface area contributed by atoms with Crippen molar-refractivity contribution < 1.29 is 4.79 Å².